The molecule has 38 valence electrons. The SMILES string of the molecule is C=C.CC(N)N. The topological polar surface area (TPSA) is 52.0 Å². The Kier molecular flexibility index (Phi) is 13.5. The van der Waals surface area contributed by atoms with Crippen LogP contribution in [-0.4, -0.2) is 6.17 Å². The Morgan fingerprint density at radius 1 is 1.33 bits per heavy atom. The van der Waals surface area contributed by atoms with Gasteiger partial charge in [0.1, 0.15) is 0 Å². The predicted octanol–water partition coefficient (Wildman–Crippen LogP) is 0.0520. The third-order valence-electron chi connectivity index (χ3n) is 0. The van der Waals surface area contributed by atoms with Gasteiger partial charge in [0.05, 0.1) is 0 Å². The highest BCUT2D eigenvalue weighted by atomic mass is 14.8. The molecule has 0 fully saturated rings. The van der Waals surface area contributed by atoms with Crippen LogP contribution in [0.25, 0.3) is 0 Å². The van der Waals surface area contributed by atoms with Gasteiger partial charge in [-0.3, -0.25) is 0 Å². The Morgan fingerprint density at radius 3 is 1.33 bits per heavy atom. The summed E-state index contributed by atoms with van der Waals surface area (Å²) in [5.41, 5.74) is 9.78. The molecule has 0 aliphatic heterocycles. The Morgan fingerprint density at radius 2 is 1.33 bits per heavy atom. The van der Waals surface area contributed by atoms with E-state index >= 15 is 0 Å². The van der Waals surface area contributed by atoms with Crippen LogP contribution in [0.15, 0.2) is 13.2 Å². The zero-order chi connectivity index (χ0) is 5.58. The quantitative estimate of drug-likeness (QED) is 0.325. The summed E-state index contributed by atoms with van der Waals surface area (Å²) in [4.78, 5) is 0. The second-order valence-corrected chi connectivity index (χ2v) is 0.859. The lowest BCUT2D eigenvalue weighted by atomic mass is 10.7. The van der Waals surface area contributed by atoms with Gasteiger partial charge in [-0.15, -0.1) is 13.2 Å². The van der Waals surface area contributed by atoms with Crippen LogP contribution in [0.2, 0.25) is 0 Å². The molecule has 0 aromatic carbocycles. The van der Waals surface area contributed by atoms with Crippen molar-refractivity contribution < 1.29 is 0 Å². The lowest BCUT2D eigenvalue weighted by Crippen LogP contribution is -2.25. The van der Waals surface area contributed by atoms with Gasteiger partial charge in [-0.1, -0.05) is 0 Å². The van der Waals surface area contributed by atoms with Crippen molar-refractivity contribution in [2.75, 3.05) is 0 Å². The summed E-state index contributed by atoms with van der Waals surface area (Å²) in [6.07, 6.45) is -0.167. The maximum Gasteiger partial charge on any atom is 0.0491 e. The molecule has 2 nitrogen and oxygen atoms in total. The first-order chi connectivity index (χ1) is 2.73. The minimum Gasteiger partial charge on any atom is -0.316 e. The summed E-state index contributed by atoms with van der Waals surface area (Å²) < 4.78 is 0. The van der Waals surface area contributed by atoms with Crippen LogP contribution in [0.3, 0.4) is 0 Å². The monoisotopic (exact) mass is 88.1 g/mol. The van der Waals surface area contributed by atoms with Crippen molar-refractivity contribution in [3.05, 3.63) is 13.2 Å². The van der Waals surface area contributed by atoms with Crippen molar-refractivity contribution in [1.29, 1.82) is 0 Å². The van der Waals surface area contributed by atoms with Crippen LogP contribution in [0, 0.1) is 0 Å². The lowest BCUT2D eigenvalue weighted by Gasteiger charge is -1.83. The van der Waals surface area contributed by atoms with E-state index in [0.29, 0.717) is 0 Å². The largest absolute Gasteiger partial charge is 0.316 e. The molecule has 0 aromatic heterocycles. The first-order valence-corrected chi connectivity index (χ1v) is 1.74. The van der Waals surface area contributed by atoms with Crippen LogP contribution < -0.4 is 11.5 Å². The molecule has 0 saturated heterocycles. The minimum absolute atomic E-state index is 0.167. The Bertz CT molecular complexity index is 16.8. The second-order valence-electron chi connectivity index (χ2n) is 0.859. The fourth-order valence-electron chi connectivity index (χ4n) is 0. The molecule has 0 aliphatic rings. The van der Waals surface area contributed by atoms with Gasteiger partial charge in [0, 0.05) is 6.17 Å². The number of hydrogen-bond acceptors (Lipinski definition) is 2. The van der Waals surface area contributed by atoms with E-state index in [9.17, 15) is 0 Å². The van der Waals surface area contributed by atoms with Gasteiger partial charge >= 0.3 is 0 Å². The summed E-state index contributed by atoms with van der Waals surface area (Å²) in [5, 5.41) is 0. The number of nitrogens with two attached hydrogens (primary N) is 2. The molecule has 0 saturated carbocycles. The Balaban J connectivity index is 0. The van der Waals surface area contributed by atoms with Crippen LogP contribution >= 0.6 is 0 Å². The van der Waals surface area contributed by atoms with Gasteiger partial charge in [-0.25, -0.2) is 0 Å². The number of rotatable bonds is 0. The Labute approximate surface area is 38.8 Å². The van der Waals surface area contributed by atoms with Crippen LogP contribution in [0.4, 0.5) is 0 Å². The standard InChI is InChI=1S/C2H8N2.C2H4/c1-2(3)4;1-2/h2H,3-4H2,1H3;1-2H2. The summed E-state index contributed by atoms with van der Waals surface area (Å²) in [5.74, 6) is 0. The van der Waals surface area contributed by atoms with E-state index in [1.165, 1.54) is 0 Å². The molecule has 0 amide bonds. The van der Waals surface area contributed by atoms with Gasteiger partial charge in [-0.2, -0.15) is 0 Å². The Hall–Kier alpha value is -0.340. The molecular formula is C4H12N2. The van der Waals surface area contributed by atoms with E-state index in [4.69, 9.17) is 11.5 Å². The normalized spacial score (nSPS) is 6.67. The molecule has 0 heterocycles. The summed E-state index contributed by atoms with van der Waals surface area (Å²) in [6, 6.07) is 0. The summed E-state index contributed by atoms with van der Waals surface area (Å²) in [6.45, 7) is 7.72. The van der Waals surface area contributed by atoms with E-state index < -0.39 is 0 Å². The molecule has 0 atom stereocenters. The lowest BCUT2D eigenvalue weighted by molar-refractivity contribution is 0.790. The van der Waals surface area contributed by atoms with E-state index in [-0.39, 0.29) is 6.17 Å². The minimum atomic E-state index is -0.167. The predicted molar refractivity (Wildman–Crippen MR) is 29.1 cm³/mol. The van der Waals surface area contributed by atoms with Crippen molar-refractivity contribution in [2.45, 2.75) is 13.1 Å². The van der Waals surface area contributed by atoms with Crippen molar-refractivity contribution in [2.24, 2.45) is 11.5 Å². The van der Waals surface area contributed by atoms with Crippen molar-refractivity contribution >= 4 is 0 Å². The molecule has 0 unspecified atom stereocenters. The molecule has 0 aromatic rings. The zero-order valence-corrected chi connectivity index (χ0v) is 4.15. The van der Waals surface area contributed by atoms with E-state index in [2.05, 4.69) is 13.2 Å². The molecule has 6 heavy (non-hydrogen) atoms. The number of hydrogen-bond donors (Lipinski definition) is 2. The van der Waals surface area contributed by atoms with Crippen LogP contribution in [0.1, 0.15) is 6.92 Å². The van der Waals surface area contributed by atoms with Gasteiger partial charge < -0.3 is 11.5 Å². The van der Waals surface area contributed by atoms with Gasteiger partial charge in [0.2, 0.25) is 0 Å². The highest BCUT2D eigenvalue weighted by Crippen LogP contribution is 1.41. The average molecular weight is 88.2 g/mol. The molecule has 0 spiro atoms. The first kappa shape index (κ1) is 9.18. The highest BCUT2D eigenvalue weighted by Gasteiger charge is 1.66. The maximum atomic E-state index is 4.89. The third-order valence-corrected chi connectivity index (χ3v) is 0. The molecule has 2 heteroatoms. The summed E-state index contributed by atoms with van der Waals surface area (Å²) in [7, 11) is 0. The fraction of sp³-hybridized carbons (Fsp3) is 0.500. The molecule has 0 rings (SSSR count). The summed E-state index contributed by atoms with van der Waals surface area (Å²) >= 11 is 0. The molecule has 0 aliphatic carbocycles. The molecule has 0 radical (unpaired) electrons. The highest BCUT2D eigenvalue weighted by molar-refractivity contribution is 4.28. The molecular weight excluding hydrogens is 76.1 g/mol. The van der Waals surface area contributed by atoms with Gasteiger partial charge in [0.25, 0.3) is 0 Å². The first-order valence-electron chi connectivity index (χ1n) is 1.74. The van der Waals surface area contributed by atoms with Gasteiger partial charge in [0.15, 0.2) is 0 Å². The fourth-order valence-corrected chi connectivity index (χ4v) is 0. The van der Waals surface area contributed by atoms with Crippen molar-refractivity contribution in [3.8, 4) is 0 Å². The van der Waals surface area contributed by atoms with E-state index in [0.717, 1.165) is 0 Å². The molecule has 4 N–H and O–H groups in total. The van der Waals surface area contributed by atoms with Crippen LogP contribution in [-0.2, 0) is 0 Å². The zero-order valence-electron chi connectivity index (χ0n) is 4.15. The van der Waals surface area contributed by atoms with E-state index in [1.807, 2.05) is 0 Å². The smallest absolute Gasteiger partial charge is 0.0491 e. The van der Waals surface area contributed by atoms with Crippen molar-refractivity contribution in [1.82, 2.24) is 0 Å². The van der Waals surface area contributed by atoms with Crippen molar-refractivity contribution in [3.63, 3.8) is 0 Å². The average Bonchev–Trinajstić information content (AvgIpc) is 1.41. The van der Waals surface area contributed by atoms with Gasteiger partial charge in [-0.05, 0) is 6.92 Å². The second kappa shape index (κ2) is 8.82. The molecule has 0 bridgehead atoms. The van der Waals surface area contributed by atoms with E-state index in [1.54, 1.807) is 6.92 Å². The maximum absolute atomic E-state index is 4.89. The third kappa shape index (κ3) is 224. The van der Waals surface area contributed by atoms with Crippen LogP contribution in [0.5, 0.6) is 0 Å².